The van der Waals surface area contributed by atoms with E-state index in [0.717, 1.165) is 23.9 Å². The van der Waals surface area contributed by atoms with Crippen molar-refractivity contribution < 1.29 is 27.2 Å². The maximum Gasteiger partial charge on any atom is 0.416 e. The van der Waals surface area contributed by atoms with Crippen LogP contribution in [-0.4, -0.2) is 22.2 Å². The summed E-state index contributed by atoms with van der Waals surface area (Å²) in [5.74, 6) is 0.615. The Labute approximate surface area is 160 Å². The predicted molar refractivity (Wildman–Crippen MR) is 93.9 cm³/mol. The molecule has 0 aliphatic rings. The average molecular weight is 411 g/mol. The highest BCUT2D eigenvalue weighted by Crippen LogP contribution is 2.36. The van der Waals surface area contributed by atoms with Gasteiger partial charge < -0.3 is 9.15 Å². The molecule has 0 atom stereocenters. The van der Waals surface area contributed by atoms with E-state index in [-0.39, 0.29) is 22.4 Å². The first-order chi connectivity index (χ1) is 13.3. The molecule has 0 amide bonds. The summed E-state index contributed by atoms with van der Waals surface area (Å²) in [5, 5.41) is 18.6. The highest BCUT2D eigenvalue weighted by atomic mass is 32.2. The van der Waals surface area contributed by atoms with Crippen LogP contribution in [0.4, 0.5) is 18.9 Å². The Hall–Kier alpha value is -3.08. The number of hydrogen-bond donors (Lipinski definition) is 0. The summed E-state index contributed by atoms with van der Waals surface area (Å²) in [5.41, 5.74) is -0.990. The first-order valence-corrected chi connectivity index (χ1v) is 8.71. The Balaban J connectivity index is 1.79. The molecule has 0 bridgehead atoms. The molecule has 3 rings (SSSR count). The molecule has 1 aromatic heterocycles. The second-order valence-corrected chi connectivity index (χ2v) is 6.41. The summed E-state index contributed by atoms with van der Waals surface area (Å²) in [6.07, 6.45) is -4.63. The van der Waals surface area contributed by atoms with Gasteiger partial charge in [-0.05, 0) is 35.9 Å². The molecular formula is C17H12F3N3O4S. The minimum atomic E-state index is -4.63. The van der Waals surface area contributed by atoms with E-state index < -0.39 is 22.4 Å². The van der Waals surface area contributed by atoms with Gasteiger partial charge >= 0.3 is 6.18 Å². The van der Waals surface area contributed by atoms with Gasteiger partial charge in [0.05, 0.1) is 17.6 Å². The van der Waals surface area contributed by atoms with E-state index in [1.165, 1.54) is 7.11 Å². The van der Waals surface area contributed by atoms with Crippen molar-refractivity contribution in [3.63, 3.8) is 0 Å². The molecule has 11 heteroatoms. The van der Waals surface area contributed by atoms with Gasteiger partial charge in [-0.15, -0.1) is 10.2 Å². The third-order valence-corrected chi connectivity index (χ3v) is 4.57. The number of nitrogens with zero attached hydrogens (tertiary/aromatic N) is 3. The number of nitro benzene ring substituents is 1. The molecule has 0 spiro atoms. The minimum Gasteiger partial charge on any atom is -0.497 e. The van der Waals surface area contributed by atoms with Crippen LogP contribution >= 0.6 is 11.8 Å². The smallest absolute Gasteiger partial charge is 0.416 e. The number of thioether (sulfide) groups is 1. The Kier molecular flexibility index (Phi) is 5.54. The standard InChI is InChI=1S/C17H12F3N3O4S/c1-26-13-5-2-10(3-6-13)15-21-22-16(27-15)28-9-11-8-12(23(24)25)4-7-14(11)17(18,19)20/h2-8H,9H2,1H3. The fraction of sp³-hybridized carbons (Fsp3) is 0.176. The van der Waals surface area contributed by atoms with Crippen molar-refractivity contribution >= 4 is 17.4 Å². The van der Waals surface area contributed by atoms with Crippen molar-refractivity contribution in [3.05, 3.63) is 63.7 Å². The van der Waals surface area contributed by atoms with E-state index in [4.69, 9.17) is 9.15 Å². The Morgan fingerprint density at radius 1 is 1.18 bits per heavy atom. The van der Waals surface area contributed by atoms with Crippen LogP contribution in [0.25, 0.3) is 11.5 Å². The number of non-ortho nitro benzene ring substituents is 1. The van der Waals surface area contributed by atoms with Crippen molar-refractivity contribution in [1.82, 2.24) is 10.2 Å². The number of nitro groups is 1. The number of aromatic nitrogens is 2. The lowest BCUT2D eigenvalue weighted by Gasteiger charge is -2.11. The van der Waals surface area contributed by atoms with Gasteiger partial charge in [-0.1, -0.05) is 11.8 Å². The van der Waals surface area contributed by atoms with Crippen molar-refractivity contribution in [1.29, 1.82) is 0 Å². The maximum atomic E-state index is 13.2. The Bertz CT molecular complexity index is 990. The van der Waals surface area contributed by atoms with Crippen molar-refractivity contribution in [3.8, 4) is 17.2 Å². The predicted octanol–water partition coefficient (Wildman–Crippen LogP) is 4.96. The van der Waals surface area contributed by atoms with Gasteiger partial charge in [0.2, 0.25) is 5.89 Å². The van der Waals surface area contributed by atoms with Crippen LogP contribution < -0.4 is 4.74 Å². The molecule has 0 aliphatic carbocycles. The molecule has 28 heavy (non-hydrogen) atoms. The summed E-state index contributed by atoms with van der Waals surface area (Å²) in [4.78, 5) is 10.1. The van der Waals surface area contributed by atoms with Crippen LogP contribution in [0.5, 0.6) is 5.75 Å². The van der Waals surface area contributed by atoms with Crippen LogP contribution in [0.2, 0.25) is 0 Å². The average Bonchev–Trinajstić information content (AvgIpc) is 3.14. The van der Waals surface area contributed by atoms with Gasteiger partial charge in [0.15, 0.2) is 0 Å². The quantitative estimate of drug-likeness (QED) is 0.321. The Morgan fingerprint density at radius 3 is 2.50 bits per heavy atom. The second kappa shape index (κ2) is 7.89. The number of rotatable bonds is 6. The van der Waals surface area contributed by atoms with Crippen LogP contribution in [0.15, 0.2) is 52.1 Å². The minimum absolute atomic E-state index is 0.0467. The van der Waals surface area contributed by atoms with Crippen LogP contribution in [0.1, 0.15) is 11.1 Å². The van der Waals surface area contributed by atoms with Crippen LogP contribution in [-0.2, 0) is 11.9 Å². The number of benzene rings is 2. The van der Waals surface area contributed by atoms with E-state index in [0.29, 0.717) is 17.4 Å². The molecule has 0 saturated heterocycles. The molecule has 0 N–H and O–H groups in total. The lowest BCUT2D eigenvalue weighted by molar-refractivity contribution is -0.385. The van der Waals surface area contributed by atoms with Crippen molar-refractivity contribution in [2.75, 3.05) is 7.11 Å². The van der Waals surface area contributed by atoms with Crippen molar-refractivity contribution in [2.45, 2.75) is 17.2 Å². The highest BCUT2D eigenvalue weighted by molar-refractivity contribution is 7.98. The van der Waals surface area contributed by atoms with Gasteiger partial charge in [-0.25, -0.2) is 0 Å². The summed E-state index contributed by atoms with van der Waals surface area (Å²) in [6, 6.07) is 9.22. The lowest BCUT2D eigenvalue weighted by atomic mass is 10.1. The Morgan fingerprint density at radius 2 is 1.89 bits per heavy atom. The van der Waals surface area contributed by atoms with Crippen LogP contribution in [0.3, 0.4) is 0 Å². The van der Waals surface area contributed by atoms with Gasteiger partial charge in [0.1, 0.15) is 5.75 Å². The summed E-state index contributed by atoms with van der Waals surface area (Å²) < 4.78 is 50.0. The topological polar surface area (TPSA) is 91.3 Å². The third kappa shape index (κ3) is 4.42. The first kappa shape index (κ1) is 19.7. The summed E-state index contributed by atoms with van der Waals surface area (Å²) in [7, 11) is 1.53. The summed E-state index contributed by atoms with van der Waals surface area (Å²) in [6.45, 7) is 0. The molecule has 2 aromatic carbocycles. The third-order valence-electron chi connectivity index (χ3n) is 3.70. The van der Waals surface area contributed by atoms with E-state index >= 15 is 0 Å². The fourth-order valence-corrected chi connectivity index (χ4v) is 3.10. The largest absolute Gasteiger partial charge is 0.497 e. The van der Waals surface area contributed by atoms with E-state index in [1.807, 2.05) is 0 Å². The molecular weight excluding hydrogens is 399 g/mol. The van der Waals surface area contributed by atoms with Gasteiger partial charge in [0, 0.05) is 23.4 Å². The molecule has 7 nitrogen and oxygen atoms in total. The number of methoxy groups -OCH3 is 1. The molecule has 1 heterocycles. The fourth-order valence-electron chi connectivity index (χ4n) is 2.35. The molecule has 0 fully saturated rings. The molecule has 0 aliphatic heterocycles. The number of halogens is 3. The molecule has 146 valence electrons. The zero-order chi connectivity index (χ0) is 20.3. The van der Waals surface area contributed by atoms with Crippen molar-refractivity contribution in [2.24, 2.45) is 0 Å². The molecule has 0 saturated carbocycles. The van der Waals surface area contributed by atoms with E-state index in [9.17, 15) is 23.3 Å². The van der Waals surface area contributed by atoms with Crippen LogP contribution in [0, 0.1) is 10.1 Å². The van der Waals surface area contributed by atoms with Gasteiger partial charge in [0.25, 0.3) is 10.9 Å². The monoisotopic (exact) mass is 411 g/mol. The second-order valence-electron chi connectivity index (χ2n) is 5.49. The number of hydrogen-bond acceptors (Lipinski definition) is 7. The molecule has 0 unspecified atom stereocenters. The SMILES string of the molecule is COc1ccc(-c2nnc(SCc3cc([N+](=O)[O-])ccc3C(F)(F)F)o2)cc1. The normalized spacial score (nSPS) is 11.4. The number of ether oxygens (including phenoxy) is 1. The number of alkyl halides is 3. The lowest BCUT2D eigenvalue weighted by Crippen LogP contribution is -2.09. The van der Waals surface area contributed by atoms with E-state index in [1.54, 1.807) is 24.3 Å². The van der Waals surface area contributed by atoms with Gasteiger partial charge in [-0.3, -0.25) is 10.1 Å². The molecule has 0 radical (unpaired) electrons. The van der Waals surface area contributed by atoms with Gasteiger partial charge in [-0.2, -0.15) is 13.2 Å². The first-order valence-electron chi connectivity index (χ1n) is 7.73. The highest BCUT2D eigenvalue weighted by Gasteiger charge is 2.34. The van der Waals surface area contributed by atoms with E-state index in [2.05, 4.69) is 10.2 Å². The zero-order valence-corrected chi connectivity index (χ0v) is 15.1. The molecule has 3 aromatic rings. The summed E-state index contributed by atoms with van der Waals surface area (Å²) >= 11 is 0.860. The zero-order valence-electron chi connectivity index (χ0n) is 14.3. The maximum absolute atomic E-state index is 13.2.